The number of ether oxygens (including phenoxy) is 1. The first-order chi connectivity index (χ1) is 13.1. The number of nitrogens with zero attached hydrogens (tertiary/aromatic N) is 3. The number of carbonyl (C=O) groups is 1. The molecule has 0 radical (unpaired) electrons. The van der Waals surface area contributed by atoms with Crippen LogP contribution in [0.2, 0.25) is 0 Å². The zero-order valence-corrected chi connectivity index (χ0v) is 16.1. The fourth-order valence-electron chi connectivity index (χ4n) is 2.70. The maximum Gasteiger partial charge on any atom is 0.224 e. The van der Waals surface area contributed by atoms with E-state index in [1.54, 1.807) is 26.4 Å². The highest BCUT2D eigenvalue weighted by Crippen LogP contribution is 2.26. The largest absolute Gasteiger partial charge is 0.393 e. The zero-order chi connectivity index (χ0) is 19.2. The minimum Gasteiger partial charge on any atom is -0.393 e. The molecule has 0 spiro atoms. The molecular weight excluding hydrogens is 364 g/mol. The molecule has 2 N–H and O–H groups in total. The molecule has 0 saturated carbocycles. The van der Waals surface area contributed by atoms with Crippen LogP contribution in [0.15, 0.2) is 36.0 Å². The summed E-state index contributed by atoms with van der Waals surface area (Å²) < 4.78 is 6.07. The summed E-state index contributed by atoms with van der Waals surface area (Å²) in [6.07, 6.45) is 3.59. The number of ketones is 1. The van der Waals surface area contributed by atoms with Crippen LogP contribution in [-0.4, -0.2) is 45.7 Å². The predicted octanol–water partition coefficient (Wildman–Crippen LogP) is 3.23. The van der Waals surface area contributed by atoms with Gasteiger partial charge in [0.05, 0.1) is 29.0 Å². The first-order valence-corrected chi connectivity index (χ1v) is 9.58. The average molecular weight is 386 g/mol. The van der Waals surface area contributed by atoms with Crippen LogP contribution >= 0.6 is 11.3 Å². The zero-order valence-electron chi connectivity index (χ0n) is 15.3. The second-order valence-corrected chi connectivity index (χ2v) is 7.20. The fraction of sp³-hybridized carbons (Fsp3) is 0.368. The first-order valence-electron chi connectivity index (χ1n) is 8.70. The van der Waals surface area contributed by atoms with Gasteiger partial charge >= 0.3 is 0 Å². The molecule has 8 heteroatoms. The van der Waals surface area contributed by atoms with Gasteiger partial charge in [-0.25, -0.2) is 9.97 Å². The van der Waals surface area contributed by atoms with Crippen LogP contribution in [0.5, 0.6) is 0 Å². The van der Waals surface area contributed by atoms with Crippen LogP contribution in [0.4, 0.5) is 5.95 Å². The van der Waals surface area contributed by atoms with Gasteiger partial charge in [-0.05, 0) is 36.4 Å². The van der Waals surface area contributed by atoms with E-state index in [2.05, 4.69) is 20.3 Å². The maximum atomic E-state index is 12.6. The van der Waals surface area contributed by atoms with Gasteiger partial charge in [-0.15, -0.1) is 11.3 Å². The highest BCUT2D eigenvalue weighted by Gasteiger charge is 2.19. The van der Waals surface area contributed by atoms with E-state index in [4.69, 9.17) is 4.74 Å². The van der Waals surface area contributed by atoms with Crippen molar-refractivity contribution in [3.8, 4) is 0 Å². The lowest BCUT2D eigenvalue weighted by Gasteiger charge is -2.18. The van der Waals surface area contributed by atoms with Crippen LogP contribution in [0.25, 0.3) is 10.2 Å². The molecule has 142 valence electrons. The third-order valence-corrected chi connectivity index (χ3v) is 4.99. The summed E-state index contributed by atoms with van der Waals surface area (Å²) in [5.74, 6) is 0.269. The summed E-state index contributed by atoms with van der Waals surface area (Å²) in [4.78, 5) is 25.8. The molecule has 0 aliphatic heterocycles. The maximum absolute atomic E-state index is 12.6. The van der Waals surface area contributed by atoms with Gasteiger partial charge in [0.1, 0.15) is 5.69 Å². The summed E-state index contributed by atoms with van der Waals surface area (Å²) in [5.41, 5.74) is 2.05. The Kier molecular flexibility index (Phi) is 6.44. The van der Waals surface area contributed by atoms with Gasteiger partial charge in [-0.3, -0.25) is 9.78 Å². The van der Waals surface area contributed by atoms with E-state index < -0.39 is 6.10 Å². The smallest absolute Gasteiger partial charge is 0.224 e. The standard InChI is InChI=1S/C19H22N4O3S/c1-12(24)5-6-16(25)17-18-14(7-9-27-18)21-19(23-17)22-15(11-26-2)13-4-3-8-20-10-13/h3-4,7-10,12,15,24H,5-6,11H2,1-2H3,(H,21,22,23)/t12-,15+/m1/s1. The lowest BCUT2D eigenvalue weighted by Crippen LogP contribution is -2.19. The molecule has 3 rings (SSSR count). The summed E-state index contributed by atoms with van der Waals surface area (Å²) in [6.45, 7) is 2.08. The van der Waals surface area contributed by atoms with Crippen molar-refractivity contribution >= 4 is 33.3 Å². The number of aliphatic hydroxyl groups is 1. The molecule has 3 aromatic heterocycles. The number of aliphatic hydroxyl groups excluding tert-OH is 1. The van der Waals surface area contributed by atoms with E-state index in [-0.39, 0.29) is 18.2 Å². The fourth-order valence-corrected chi connectivity index (χ4v) is 3.54. The van der Waals surface area contributed by atoms with Crippen LogP contribution in [0.3, 0.4) is 0 Å². The SMILES string of the molecule is COC[C@H](Nc1nc(C(=O)CC[C@@H](C)O)c2sccc2n1)c1cccnc1. The molecule has 0 aliphatic carbocycles. The normalized spacial score (nSPS) is 13.4. The van der Waals surface area contributed by atoms with Crippen molar-refractivity contribution in [3.63, 3.8) is 0 Å². The molecule has 2 atom stereocenters. The molecule has 27 heavy (non-hydrogen) atoms. The highest BCUT2D eigenvalue weighted by molar-refractivity contribution is 7.17. The van der Waals surface area contributed by atoms with Crippen LogP contribution in [-0.2, 0) is 4.74 Å². The Morgan fingerprint density at radius 3 is 2.93 bits per heavy atom. The van der Waals surface area contributed by atoms with E-state index in [1.807, 2.05) is 23.6 Å². The minimum absolute atomic E-state index is 0.0986. The van der Waals surface area contributed by atoms with Gasteiger partial charge in [0.25, 0.3) is 0 Å². The van der Waals surface area contributed by atoms with Crippen molar-refractivity contribution in [1.82, 2.24) is 15.0 Å². The van der Waals surface area contributed by atoms with Crippen LogP contribution < -0.4 is 5.32 Å². The number of hydrogen-bond donors (Lipinski definition) is 2. The van der Waals surface area contributed by atoms with E-state index in [0.29, 0.717) is 24.7 Å². The molecule has 0 unspecified atom stereocenters. The molecule has 0 amide bonds. The van der Waals surface area contributed by atoms with E-state index >= 15 is 0 Å². The summed E-state index contributed by atoms with van der Waals surface area (Å²) in [6, 6.07) is 5.48. The summed E-state index contributed by atoms with van der Waals surface area (Å²) in [5, 5.41) is 14.6. The Balaban J connectivity index is 1.91. The van der Waals surface area contributed by atoms with Crippen molar-refractivity contribution in [2.45, 2.75) is 31.9 Å². The van der Waals surface area contributed by atoms with Gasteiger partial charge < -0.3 is 15.2 Å². The number of methoxy groups -OCH3 is 1. The molecule has 3 aromatic rings. The number of nitrogens with one attached hydrogen (secondary N) is 1. The number of hydrogen-bond acceptors (Lipinski definition) is 8. The topological polar surface area (TPSA) is 97.2 Å². The lowest BCUT2D eigenvalue weighted by molar-refractivity contribution is 0.0946. The lowest BCUT2D eigenvalue weighted by atomic mass is 10.1. The monoisotopic (exact) mass is 386 g/mol. The molecule has 0 fully saturated rings. The Morgan fingerprint density at radius 2 is 2.22 bits per heavy atom. The van der Waals surface area contributed by atoms with Crippen LogP contribution in [0.1, 0.15) is 41.9 Å². The number of rotatable bonds is 9. The Hall–Kier alpha value is -2.42. The second kappa shape index (κ2) is 8.98. The van der Waals surface area contributed by atoms with E-state index in [0.717, 1.165) is 15.8 Å². The molecule has 0 aromatic carbocycles. The summed E-state index contributed by atoms with van der Waals surface area (Å²) in [7, 11) is 1.62. The Bertz CT molecular complexity index is 898. The van der Waals surface area contributed by atoms with Crippen molar-refractivity contribution in [2.75, 3.05) is 19.0 Å². The van der Waals surface area contributed by atoms with Crippen molar-refractivity contribution in [1.29, 1.82) is 0 Å². The number of fused-ring (bicyclic) bond motifs is 1. The van der Waals surface area contributed by atoms with E-state index in [9.17, 15) is 9.90 Å². The molecule has 3 heterocycles. The van der Waals surface area contributed by atoms with Crippen molar-refractivity contribution in [3.05, 3.63) is 47.2 Å². The van der Waals surface area contributed by atoms with Crippen molar-refractivity contribution in [2.24, 2.45) is 0 Å². The average Bonchev–Trinajstić information content (AvgIpc) is 3.14. The Morgan fingerprint density at radius 1 is 1.37 bits per heavy atom. The quantitative estimate of drug-likeness (QED) is 0.545. The third kappa shape index (κ3) is 4.85. The molecule has 0 bridgehead atoms. The predicted molar refractivity (Wildman–Crippen MR) is 105 cm³/mol. The van der Waals surface area contributed by atoms with Crippen molar-refractivity contribution < 1.29 is 14.6 Å². The van der Waals surface area contributed by atoms with Gasteiger partial charge in [-0.2, -0.15) is 0 Å². The molecular formula is C19H22N4O3S. The number of pyridine rings is 1. The number of aromatic nitrogens is 3. The minimum atomic E-state index is -0.524. The number of thiophene rings is 1. The molecule has 0 aliphatic rings. The van der Waals surface area contributed by atoms with Crippen LogP contribution in [0, 0.1) is 0 Å². The molecule has 7 nitrogen and oxygen atoms in total. The van der Waals surface area contributed by atoms with Gasteiger partial charge in [0.15, 0.2) is 5.78 Å². The van der Waals surface area contributed by atoms with Gasteiger partial charge in [0, 0.05) is 25.9 Å². The first kappa shape index (κ1) is 19.3. The number of Topliss-reactive ketones (excluding diaryl/α,β-unsaturated/α-hetero) is 1. The third-order valence-electron chi connectivity index (χ3n) is 4.08. The summed E-state index contributed by atoms with van der Waals surface area (Å²) >= 11 is 1.44. The van der Waals surface area contributed by atoms with E-state index in [1.165, 1.54) is 11.3 Å². The second-order valence-electron chi connectivity index (χ2n) is 6.28. The molecule has 0 saturated heterocycles. The van der Waals surface area contributed by atoms with Gasteiger partial charge in [-0.1, -0.05) is 6.07 Å². The number of anilines is 1. The highest BCUT2D eigenvalue weighted by atomic mass is 32.1. The number of carbonyl (C=O) groups excluding carboxylic acids is 1. The Labute approximate surface area is 161 Å². The van der Waals surface area contributed by atoms with Gasteiger partial charge in [0.2, 0.25) is 5.95 Å².